The van der Waals surface area contributed by atoms with Crippen LogP contribution in [0, 0.1) is 0 Å². The van der Waals surface area contributed by atoms with Crippen LogP contribution in [0.1, 0.15) is 181 Å². The number of ether oxygens (including phenoxy) is 6. The number of rotatable bonds is 48. The molecule has 0 aromatic rings. The second-order valence-corrected chi connectivity index (χ2v) is 15.0. The minimum Gasteiger partial charge on any atom is -0.395 e. The van der Waals surface area contributed by atoms with Crippen LogP contribution in [0.3, 0.4) is 0 Å². The van der Waals surface area contributed by atoms with Crippen molar-refractivity contribution in [1.29, 1.82) is 0 Å². The maximum Gasteiger partial charge on any atom is 0.146 e. The standard InChI is InChI=1S/C44H92N2O7/c1-4-7-10-22-36-48-42-51-39-25-16-13-19-29-45(30-20-14-17-26-40-52-43-49-37-23-11-8-5-2)32-28-33-46(34-35-47)31-21-15-18-27-41-53-44-50-38-24-12-9-6-3/h47H,4-44H2,1-3H3. The maximum atomic E-state index is 9.71. The first-order valence-corrected chi connectivity index (χ1v) is 22.8. The van der Waals surface area contributed by atoms with Crippen LogP contribution in [-0.2, 0) is 28.4 Å². The van der Waals surface area contributed by atoms with Crippen molar-refractivity contribution >= 4 is 0 Å². The number of nitrogens with zero attached hydrogens (tertiary/aromatic N) is 2. The molecule has 320 valence electrons. The summed E-state index contributed by atoms with van der Waals surface area (Å²) < 4.78 is 33.8. The van der Waals surface area contributed by atoms with Crippen LogP contribution in [0.25, 0.3) is 0 Å². The van der Waals surface area contributed by atoms with Crippen LogP contribution in [0.4, 0.5) is 0 Å². The molecule has 0 saturated carbocycles. The third kappa shape index (κ3) is 44.2. The van der Waals surface area contributed by atoms with Gasteiger partial charge in [-0.1, -0.05) is 117 Å². The Morgan fingerprint density at radius 2 is 0.528 bits per heavy atom. The quantitative estimate of drug-likeness (QED) is 0.0481. The van der Waals surface area contributed by atoms with Crippen molar-refractivity contribution in [3.05, 3.63) is 0 Å². The van der Waals surface area contributed by atoms with E-state index in [0.29, 0.717) is 20.4 Å². The van der Waals surface area contributed by atoms with Crippen molar-refractivity contribution in [3.8, 4) is 0 Å². The van der Waals surface area contributed by atoms with Crippen LogP contribution in [0.15, 0.2) is 0 Å². The average molecular weight is 761 g/mol. The molecule has 9 heteroatoms. The van der Waals surface area contributed by atoms with Crippen LogP contribution in [-0.4, -0.2) is 121 Å². The van der Waals surface area contributed by atoms with Crippen molar-refractivity contribution in [2.45, 2.75) is 181 Å². The molecule has 1 N–H and O–H groups in total. The third-order valence-electron chi connectivity index (χ3n) is 9.83. The molecule has 0 saturated heterocycles. The van der Waals surface area contributed by atoms with Crippen LogP contribution < -0.4 is 0 Å². The fraction of sp³-hybridized carbons (Fsp3) is 1.00. The summed E-state index contributed by atoms with van der Waals surface area (Å²) in [4.78, 5) is 5.16. The van der Waals surface area contributed by atoms with Crippen LogP contribution >= 0.6 is 0 Å². The molecule has 0 spiro atoms. The van der Waals surface area contributed by atoms with E-state index in [2.05, 4.69) is 30.6 Å². The molecule has 0 fully saturated rings. The van der Waals surface area contributed by atoms with Gasteiger partial charge >= 0.3 is 0 Å². The molecular formula is C44H92N2O7. The number of aliphatic hydroxyl groups is 1. The van der Waals surface area contributed by atoms with E-state index in [1.807, 2.05) is 0 Å². The molecule has 0 rings (SSSR count). The number of aliphatic hydroxyl groups excluding tert-OH is 1. The lowest BCUT2D eigenvalue weighted by Crippen LogP contribution is -2.33. The van der Waals surface area contributed by atoms with Crippen molar-refractivity contribution in [3.63, 3.8) is 0 Å². The summed E-state index contributed by atoms with van der Waals surface area (Å²) in [6.07, 6.45) is 30.3. The monoisotopic (exact) mass is 761 g/mol. The van der Waals surface area contributed by atoms with E-state index < -0.39 is 0 Å². The minimum absolute atomic E-state index is 0.236. The van der Waals surface area contributed by atoms with Gasteiger partial charge in [-0.3, -0.25) is 0 Å². The lowest BCUT2D eigenvalue weighted by atomic mass is 10.1. The van der Waals surface area contributed by atoms with Crippen LogP contribution in [0.2, 0.25) is 0 Å². The molecule has 0 bridgehead atoms. The molecule has 0 aliphatic heterocycles. The largest absolute Gasteiger partial charge is 0.395 e. The SMILES string of the molecule is CCCCCCOCOCCCCCCN(CCO)CCCN(CCCCCCOCOCCCCCC)CCCCCCOCOCCCCCC. The highest BCUT2D eigenvalue weighted by atomic mass is 16.7. The predicted molar refractivity (Wildman–Crippen MR) is 223 cm³/mol. The predicted octanol–water partition coefficient (Wildman–Crippen LogP) is 10.4. The molecule has 0 aliphatic rings. The highest BCUT2D eigenvalue weighted by Gasteiger charge is 2.09. The third-order valence-corrected chi connectivity index (χ3v) is 9.83. The fourth-order valence-corrected chi connectivity index (χ4v) is 6.43. The summed E-state index contributed by atoms with van der Waals surface area (Å²) in [5.41, 5.74) is 0. The Balaban J connectivity index is 4.23. The number of unbranched alkanes of at least 4 members (excludes halogenated alkanes) is 18. The van der Waals surface area contributed by atoms with Gasteiger partial charge in [-0.2, -0.15) is 0 Å². The summed E-state index contributed by atoms with van der Waals surface area (Å²) in [7, 11) is 0. The summed E-state index contributed by atoms with van der Waals surface area (Å²) in [5, 5.41) is 9.71. The van der Waals surface area contributed by atoms with E-state index in [4.69, 9.17) is 28.4 Å². The van der Waals surface area contributed by atoms with Crippen LogP contribution in [0.5, 0.6) is 0 Å². The summed E-state index contributed by atoms with van der Waals surface area (Å²) >= 11 is 0. The van der Waals surface area contributed by atoms with E-state index in [0.717, 1.165) is 111 Å². The Bertz CT molecular complexity index is 619. The van der Waals surface area contributed by atoms with Gasteiger partial charge in [-0.15, -0.1) is 0 Å². The lowest BCUT2D eigenvalue weighted by Gasteiger charge is -2.26. The van der Waals surface area contributed by atoms with Crippen molar-refractivity contribution in [2.75, 3.05) is 106 Å². The Hall–Kier alpha value is -0.360. The van der Waals surface area contributed by atoms with Gasteiger partial charge in [0, 0.05) is 46.2 Å². The van der Waals surface area contributed by atoms with Gasteiger partial charge < -0.3 is 43.3 Å². The first-order chi connectivity index (χ1) is 26.3. The van der Waals surface area contributed by atoms with E-state index in [1.165, 1.54) is 129 Å². The van der Waals surface area contributed by atoms with Gasteiger partial charge in [0.25, 0.3) is 0 Å². The summed E-state index contributed by atoms with van der Waals surface area (Å²) in [6, 6.07) is 0. The zero-order chi connectivity index (χ0) is 38.4. The maximum absolute atomic E-state index is 9.71. The van der Waals surface area contributed by atoms with Gasteiger partial charge in [0.1, 0.15) is 20.4 Å². The Morgan fingerprint density at radius 1 is 0.283 bits per heavy atom. The summed E-state index contributed by atoms with van der Waals surface area (Å²) in [5.74, 6) is 0. The fourth-order valence-electron chi connectivity index (χ4n) is 6.43. The van der Waals surface area contributed by atoms with Gasteiger partial charge in [-0.05, 0) is 96.9 Å². The molecule has 0 atom stereocenters. The second kappa shape index (κ2) is 47.8. The molecule has 0 aliphatic carbocycles. The first-order valence-electron chi connectivity index (χ1n) is 22.8. The molecule has 9 nitrogen and oxygen atoms in total. The molecule has 53 heavy (non-hydrogen) atoms. The molecule has 0 heterocycles. The van der Waals surface area contributed by atoms with Crippen molar-refractivity contribution in [1.82, 2.24) is 9.80 Å². The second-order valence-electron chi connectivity index (χ2n) is 15.0. The van der Waals surface area contributed by atoms with Gasteiger partial charge in [0.15, 0.2) is 0 Å². The van der Waals surface area contributed by atoms with Gasteiger partial charge in [-0.25, -0.2) is 0 Å². The zero-order valence-electron chi connectivity index (χ0n) is 35.8. The van der Waals surface area contributed by atoms with Crippen molar-refractivity contribution < 1.29 is 33.5 Å². The Labute approximate surface area is 329 Å². The summed E-state index contributed by atoms with van der Waals surface area (Å²) in [6.45, 7) is 19.5. The van der Waals surface area contributed by atoms with E-state index >= 15 is 0 Å². The topological polar surface area (TPSA) is 82.1 Å². The molecule has 0 unspecified atom stereocenters. The highest BCUT2D eigenvalue weighted by Crippen LogP contribution is 2.09. The van der Waals surface area contributed by atoms with Crippen molar-refractivity contribution in [2.24, 2.45) is 0 Å². The van der Waals surface area contributed by atoms with Gasteiger partial charge in [0.05, 0.1) is 6.61 Å². The van der Waals surface area contributed by atoms with Gasteiger partial charge in [0.2, 0.25) is 0 Å². The Kier molecular flexibility index (Phi) is 47.5. The first kappa shape index (κ1) is 52.6. The van der Waals surface area contributed by atoms with E-state index in [-0.39, 0.29) is 6.61 Å². The molecule has 0 amide bonds. The highest BCUT2D eigenvalue weighted by molar-refractivity contribution is 4.64. The molecule has 0 radical (unpaired) electrons. The Morgan fingerprint density at radius 3 is 0.811 bits per heavy atom. The smallest absolute Gasteiger partial charge is 0.146 e. The van der Waals surface area contributed by atoms with E-state index in [9.17, 15) is 5.11 Å². The molecule has 0 aromatic heterocycles. The zero-order valence-corrected chi connectivity index (χ0v) is 35.8. The lowest BCUT2D eigenvalue weighted by molar-refractivity contribution is -0.0557. The molecular weight excluding hydrogens is 668 g/mol. The average Bonchev–Trinajstić information content (AvgIpc) is 3.16. The minimum atomic E-state index is 0.236. The number of hydrogen-bond acceptors (Lipinski definition) is 9. The molecule has 0 aromatic carbocycles. The normalized spacial score (nSPS) is 11.9. The van der Waals surface area contributed by atoms with E-state index in [1.54, 1.807) is 0 Å². The number of hydrogen-bond donors (Lipinski definition) is 1.